The van der Waals surface area contributed by atoms with Gasteiger partial charge in [-0.15, -0.1) is 11.8 Å². The van der Waals surface area contributed by atoms with Crippen LogP contribution in [0.3, 0.4) is 0 Å². The molecule has 1 heterocycles. The van der Waals surface area contributed by atoms with E-state index in [-0.39, 0.29) is 11.8 Å². The minimum atomic E-state index is -0.518. The summed E-state index contributed by atoms with van der Waals surface area (Å²) in [7, 11) is 2.05. The third kappa shape index (κ3) is 5.40. The first-order valence-electron chi connectivity index (χ1n) is 8.00. The largest absolute Gasteiger partial charge is 0.344 e. The molecule has 0 aromatic heterocycles. The van der Waals surface area contributed by atoms with Crippen LogP contribution >= 0.6 is 23.4 Å². The first kappa shape index (κ1) is 19.1. The fourth-order valence-electron chi connectivity index (χ4n) is 2.51. The monoisotopic (exact) mass is 369 g/mol. The standard InChI is InChI=1S/C17H24ClN3O2S/c1-12-4-5-14(10-15(12)18)24-11-16(19-13(2)22)17(23)21-8-6-20(3)7-9-21/h4-5,10,16H,6-9,11H2,1-3H3,(H,19,22). The van der Waals surface area contributed by atoms with Gasteiger partial charge < -0.3 is 15.1 Å². The maximum atomic E-state index is 12.7. The van der Waals surface area contributed by atoms with Crippen LogP contribution in [0.1, 0.15) is 12.5 Å². The van der Waals surface area contributed by atoms with Crippen LogP contribution in [0.5, 0.6) is 0 Å². The van der Waals surface area contributed by atoms with Crippen molar-refractivity contribution in [3.05, 3.63) is 28.8 Å². The normalized spacial score (nSPS) is 16.8. The minimum absolute atomic E-state index is 0.0102. The number of halogens is 1. The summed E-state index contributed by atoms with van der Waals surface area (Å²) in [5.41, 5.74) is 1.02. The molecule has 1 aromatic carbocycles. The number of piperazine rings is 1. The molecular formula is C17H24ClN3O2S. The Kier molecular flexibility index (Phi) is 6.95. The summed E-state index contributed by atoms with van der Waals surface area (Å²) in [6.45, 7) is 6.52. The number of hydrogen-bond acceptors (Lipinski definition) is 4. The van der Waals surface area contributed by atoms with Crippen LogP contribution in [0.25, 0.3) is 0 Å². The quantitative estimate of drug-likeness (QED) is 0.807. The molecule has 0 bridgehead atoms. The Bertz CT molecular complexity index is 603. The predicted octanol–water partition coefficient (Wildman–Crippen LogP) is 2.02. The zero-order valence-electron chi connectivity index (χ0n) is 14.3. The van der Waals surface area contributed by atoms with Crippen molar-refractivity contribution in [1.82, 2.24) is 15.1 Å². The maximum Gasteiger partial charge on any atom is 0.246 e. The van der Waals surface area contributed by atoms with Crippen molar-refractivity contribution in [3.63, 3.8) is 0 Å². The third-order valence-electron chi connectivity index (χ3n) is 4.05. The van der Waals surface area contributed by atoms with E-state index in [0.717, 1.165) is 23.5 Å². The van der Waals surface area contributed by atoms with Gasteiger partial charge in [-0.3, -0.25) is 9.59 Å². The Labute approximate surface area is 152 Å². The predicted molar refractivity (Wildman–Crippen MR) is 98.6 cm³/mol. The lowest BCUT2D eigenvalue weighted by Gasteiger charge is -2.34. The topological polar surface area (TPSA) is 52.7 Å². The first-order valence-corrected chi connectivity index (χ1v) is 9.36. The van der Waals surface area contributed by atoms with Gasteiger partial charge in [-0.25, -0.2) is 0 Å². The number of thioether (sulfide) groups is 1. The van der Waals surface area contributed by atoms with Gasteiger partial charge in [0.2, 0.25) is 11.8 Å². The average molecular weight is 370 g/mol. The smallest absolute Gasteiger partial charge is 0.246 e. The molecule has 24 heavy (non-hydrogen) atoms. The lowest BCUT2D eigenvalue weighted by Crippen LogP contribution is -2.54. The number of likely N-dealkylation sites (N-methyl/N-ethyl adjacent to an activating group) is 1. The summed E-state index contributed by atoms with van der Waals surface area (Å²) in [6.07, 6.45) is 0. The Balaban J connectivity index is 2.00. The van der Waals surface area contributed by atoms with Crippen molar-refractivity contribution in [2.75, 3.05) is 39.0 Å². The number of rotatable bonds is 5. The summed E-state index contributed by atoms with van der Waals surface area (Å²) in [5, 5.41) is 3.50. The van der Waals surface area contributed by atoms with Gasteiger partial charge in [0.05, 0.1) is 0 Å². The van der Waals surface area contributed by atoms with E-state index < -0.39 is 6.04 Å². The van der Waals surface area contributed by atoms with E-state index in [1.165, 1.54) is 18.7 Å². The number of amides is 2. The zero-order valence-corrected chi connectivity index (χ0v) is 15.9. The summed E-state index contributed by atoms with van der Waals surface area (Å²) < 4.78 is 0. The summed E-state index contributed by atoms with van der Waals surface area (Å²) in [6, 6.07) is 5.32. The second kappa shape index (κ2) is 8.74. The lowest BCUT2D eigenvalue weighted by molar-refractivity contribution is -0.136. The molecule has 1 atom stereocenters. The number of carbonyl (C=O) groups is 2. The summed E-state index contributed by atoms with van der Waals surface area (Å²) >= 11 is 7.68. The molecule has 7 heteroatoms. The van der Waals surface area contributed by atoms with E-state index in [1.54, 1.807) is 0 Å². The Morgan fingerprint density at radius 2 is 1.96 bits per heavy atom. The average Bonchev–Trinajstić information content (AvgIpc) is 2.54. The molecule has 0 spiro atoms. The second-order valence-corrected chi connectivity index (χ2v) is 7.60. The van der Waals surface area contributed by atoms with Crippen molar-refractivity contribution in [2.45, 2.75) is 24.8 Å². The van der Waals surface area contributed by atoms with Gasteiger partial charge in [-0.2, -0.15) is 0 Å². The van der Waals surface area contributed by atoms with Crippen molar-refractivity contribution in [3.8, 4) is 0 Å². The SMILES string of the molecule is CC(=O)NC(CSc1ccc(C)c(Cl)c1)C(=O)N1CCN(C)CC1. The number of carbonyl (C=O) groups excluding carboxylic acids is 2. The molecule has 1 N–H and O–H groups in total. The highest BCUT2D eigenvalue weighted by Crippen LogP contribution is 2.25. The van der Waals surface area contributed by atoms with Crippen LogP contribution in [0.4, 0.5) is 0 Å². The number of benzene rings is 1. The van der Waals surface area contributed by atoms with E-state index in [4.69, 9.17) is 11.6 Å². The molecule has 1 aliphatic rings. The number of nitrogens with zero attached hydrogens (tertiary/aromatic N) is 2. The molecule has 0 aliphatic carbocycles. The molecule has 1 saturated heterocycles. The Morgan fingerprint density at radius 3 is 2.54 bits per heavy atom. The maximum absolute atomic E-state index is 12.7. The Morgan fingerprint density at radius 1 is 1.29 bits per heavy atom. The van der Waals surface area contributed by atoms with E-state index in [9.17, 15) is 9.59 Å². The molecule has 2 amide bonds. The first-order chi connectivity index (χ1) is 11.4. The van der Waals surface area contributed by atoms with E-state index in [2.05, 4.69) is 10.2 Å². The van der Waals surface area contributed by atoms with Gasteiger partial charge in [0, 0.05) is 48.8 Å². The molecule has 1 fully saturated rings. The van der Waals surface area contributed by atoms with E-state index >= 15 is 0 Å². The molecule has 1 aliphatic heterocycles. The molecule has 5 nitrogen and oxygen atoms in total. The second-order valence-electron chi connectivity index (χ2n) is 6.10. The molecule has 132 valence electrons. The number of hydrogen-bond donors (Lipinski definition) is 1. The summed E-state index contributed by atoms with van der Waals surface area (Å²) in [5.74, 6) is 0.290. The Hall–Kier alpha value is -1.24. The van der Waals surface area contributed by atoms with Crippen LogP contribution in [-0.4, -0.2) is 66.6 Å². The fraction of sp³-hybridized carbons (Fsp3) is 0.529. The highest BCUT2D eigenvalue weighted by molar-refractivity contribution is 7.99. The molecule has 0 radical (unpaired) electrons. The van der Waals surface area contributed by atoms with Gasteiger partial charge >= 0.3 is 0 Å². The lowest BCUT2D eigenvalue weighted by atomic mass is 10.2. The molecule has 0 saturated carbocycles. The highest BCUT2D eigenvalue weighted by atomic mass is 35.5. The third-order valence-corrected chi connectivity index (χ3v) is 5.54. The van der Waals surface area contributed by atoms with Gasteiger partial charge in [0.15, 0.2) is 0 Å². The molecule has 2 rings (SSSR count). The van der Waals surface area contributed by atoms with Gasteiger partial charge in [-0.05, 0) is 31.7 Å². The van der Waals surface area contributed by atoms with Crippen molar-refractivity contribution in [2.24, 2.45) is 0 Å². The number of nitrogens with one attached hydrogen (secondary N) is 1. The van der Waals surface area contributed by atoms with Gasteiger partial charge in [0.1, 0.15) is 6.04 Å². The van der Waals surface area contributed by atoms with Crippen LogP contribution in [-0.2, 0) is 9.59 Å². The molecule has 1 aromatic rings. The van der Waals surface area contributed by atoms with Crippen LogP contribution < -0.4 is 5.32 Å². The fourth-order valence-corrected chi connectivity index (χ4v) is 3.71. The van der Waals surface area contributed by atoms with Crippen molar-refractivity contribution >= 4 is 35.2 Å². The van der Waals surface area contributed by atoms with Crippen LogP contribution in [0.15, 0.2) is 23.1 Å². The zero-order chi connectivity index (χ0) is 17.7. The highest BCUT2D eigenvalue weighted by Gasteiger charge is 2.27. The number of aryl methyl sites for hydroxylation is 1. The summed E-state index contributed by atoms with van der Waals surface area (Å²) in [4.78, 5) is 29.2. The van der Waals surface area contributed by atoms with Crippen LogP contribution in [0, 0.1) is 6.92 Å². The van der Waals surface area contributed by atoms with Gasteiger partial charge in [-0.1, -0.05) is 17.7 Å². The molecule has 1 unspecified atom stereocenters. The van der Waals surface area contributed by atoms with E-state index in [0.29, 0.717) is 23.9 Å². The minimum Gasteiger partial charge on any atom is -0.344 e. The van der Waals surface area contributed by atoms with E-state index in [1.807, 2.05) is 37.1 Å². The van der Waals surface area contributed by atoms with Crippen molar-refractivity contribution < 1.29 is 9.59 Å². The molecular weight excluding hydrogens is 346 g/mol. The van der Waals surface area contributed by atoms with Gasteiger partial charge in [0.25, 0.3) is 0 Å². The van der Waals surface area contributed by atoms with Crippen molar-refractivity contribution in [1.29, 1.82) is 0 Å². The van der Waals surface area contributed by atoms with Crippen LogP contribution in [0.2, 0.25) is 5.02 Å².